The summed E-state index contributed by atoms with van der Waals surface area (Å²) in [6, 6.07) is 12.1. The number of aromatic hydroxyl groups is 1. The quantitative estimate of drug-likeness (QED) is 0.776. The molecule has 0 spiro atoms. The zero-order valence-corrected chi connectivity index (χ0v) is 9.76. The van der Waals surface area contributed by atoms with Crippen LogP contribution in [0.1, 0.15) is 0 Å². The second kappa shape index (κ2) is 4.64. The minimum atomic E-state index is 0.151. The van der Waals surface area contributed by atoms with Crippen LogP contribution in [-0.2, 0) is 0 Å². The lowest BCUT2D eigenvalue weighted by Crippen LogP contribution is -1.92. The molecular formula is C12H9Cl2NO. The van der Waals surface area contributed by atoms with Crippen molar-refractivity contribution in [3.8, 4) is 5.75 Å². The zero-order valence-electron chi connectivity index (χ0n) is 8.24. The van der Waals surface area contributed by atoms with Gasteiger partial charge in [0.2, 0.25) is 0 Å². The van der Waals surface area contributed by atoms with E-state index in [2.05, 4.69) is 5.32 Å². The summed E-state index contributed by atoms with van der Waals surface area (Å²) in [5.74, 6) is 0.151. The maximum atomic E-state index is 9.60. The van der Waals surface area contributed by atoms with Gasteiger partial charge >= 0.3 is 0 Å². The maximum Gasteiger partial charge on any atom is 0.139 e. The van der Waals surface area contributed by atoms with E-state index in [-0.39, 0.29) is 5.75 Å². The van der Waals surface area contributed by atoms with Crippen molar-refractivity contribution in [2.75, 3.05) is 5.32 Å². The third kappa shape index (κ3) is 2.23. The highest BCUT2D eigenvalue weighted by Crippen LogP contribution is 2.34. The van der Waals surface area contributed by atoms with Crippen LogP contribution in [0, 0.1) is 0 Å². The van der Waals surface area contributed by atoms with Crippen molar-refractivity contribution in [3.05, 3.63) is 52.5 Å². The van der Waals surface area contributed by atoms with Crippen molar-refractivity contribution in [1.29, 1.82) is 0 Å². The first kappa shape index (κ1) is 11.1. The Morgan fingerprint density at radius 1 is 0.875 bits per heavy atom. The molecule has 82 valence electrons. The Morgan fingerprint density at radius 2 is 1.50 bits per heavy atom. The Morgan fingerprint density at radius 3 is 2.12 bits per heavy atom. The van der Waals surface area contributed by atoms with Crippen LogP contribution >= 0.6 is 23.2 Å². The summed E-state index contributed by atoms with van der Waals surface area (Å²) in [6.45, 7) is 0. The van der Waals surface area contributed by atoms with E-state index >= 15 is 0 Å². The monoisotopic (exact) mass is 253 g/mol. The summed E-state index contributed by atoms with van der Waals surface area (Å²) >= 11 is 12.0. The second-order valence-electron chi connectivity index (χ2n) is 3.24. The van der Waals surface area contributed by atoms with E-state index < -0.39 is 0 Å². The molecule has 0 saturated heterocycles. The largest absolute Gasteiger partial charge is 0.506 e. The van der Waals surface area contributed by atoms with Crippen molar-refractivity contribution in [3.63, 3.8) is 0 Å². The zero-order chi connectivity index (χ0) is 11.5. The number of anilines is 2. The summed E-state index contributed by atoms with van der Waals surface area (Å²) in [5.41, 5.74) is 1.16. The molecule has 0 amide bonds. The van der Waals surface area contributed by atoms with E-state index in [4.69, 9.17) is 23.2 Å². The summed E-state index contributed by atoms with van der Waals surface area (Å²) in [4.78, 5) is 0. The van der Waals surface area contributed by atoms with E-state index in [0.717, 1.165) is 0 Å². The van der Waals surface area contributed by atoms with Gasteiger partial charge < -0.3 is 10.4 Å². The molecule has 0 atom stereocenters. The lowest BCUT2D eigenvalue weighted by atomic mass is 10.2. The summed E-state index contributed by atoms with van der Waals surface area (Å²) in [7, 11) is 0. The molecule has 0 unspecified atom stereocenters. The lowest BCUT2D eigenvalue weighted by Gasteiger charge is -2.11. The molecule has 0 aliphatic rings. The van der Waals surface area contributed by atoms with E-state index in [1.54, 1.807) is 36.4 Å². The molecule has 0 fully saturated rings. The molecule has 0 aliphatic heterocycles. The molecule has 0 saturated carbocycles. The van der Waals surface area contributed by atoms with Crippen LogP contribution in [-0.4, -0.2) is 5.11 Å². The average molecular weight is 254 g/mol. The van der Waals surface area contributed by atoms with E-state index in [1.807, 2.05) is 6.07 Å². The van der Waals surface area contributed by atoms with Crippen LogP contribution in [0.25, 0.3) is 0 Å². The fourth-order valence-electron chi connectivity index (χ4n) is 1.33. The Labute approximate surface area is 103 Å². The Balaban J connectivity index is 2.38. The third-order valence-electron chi connectivity index (χ3n) is 2.13. The molecule has 0 radical (unpaired) electrons. The minimum absolute atomic E-state index is 0.151. The first-order chi connectivity index (χ1) is 7.68. The standard InChI is InChI=1S/C12H9Cl2NO/c13-8-4-3-5-9(14)12(8)15-10-6-1-2-7-11(10)16/h1-7,15-16H. The molecule has 2 aromatic carbocycles. The van der Waals surface area contributed by atoms with Crippen molar-refractivity contribution >= 4 is 34.6 Å². The van der Waals surface area contributed by atoms with Crippen LogP contribution in [0.5, 0.6) is 5.75 Å². The number of hydrogen-bond donors (Lipinski definition) is 2. The van der Waals surface area contributed by atoms with Gasteiger partial charge in [0.15, 0.2) is 0 Å². The van der Waals surface area contributed by atoms with Gasteiger partial charge in [-0.15, -0.1) is 0 Å². The Hall–Kier alpha value is -1.38. The summed E-state index contributed by atoms with van der Waals surface area (Å²) < 4.78 is 0. The molecule has 0 aromatic heterocycles. The fraction of sp³-hybridized carbons (Fsp3) is 0. The maximum absolute atomic E-state index is 9.60. The minimum Gasteiger partial charge on any atom is -0.506 e. The van der Waals surface area contributed by atoms with Gasteiger partial charge in [-0.2, -0.15) is 0 Å². The van der Waals surface area contributed by atoms with Gasteiger partial charge in [-0.3, -0.25) is 0 Å². The van der Waals surface area contributed by atoms with E-state index in [1.165, 1.54) is 0 Å². The van der Waals surface area contributed by atoms with Crippen molar-refractivity contribution in [1.82, 2.24) is 0 Å². The summed E-state index contributed by atoms with van der Waals surface area (Å²) in [5, 5.41) is 13.6. The molecule has 2 N–H and O–H groups in total. The highest BCUT2D eigenvalue weighted by molar-refractivity contribution is 6.39. The highest BCUT2D eigenvalue weighted by Gasteiger charge is 2.07. The molecule has 0 bridgehead atoms. The van der Waals surface area contributed by atoms with Crippen LogP contribution in [0.3, 0.4) is 0 Å². The SMILES string of the molecule is Oc1ccccc1Nc1c(Cl)cccc1Cl. The van der Waals surface area contributed by atoms with Gasteiger partial charge in [-0.05, 0) is 24.3 Å². The highest BCUT2D eigenvalue weighted by atomic mass is 35.5. The second-order valence-corrected chi connectivity index (χ2v) is 4.05. The van der Waals surface area contributed by atoms with Gasteiger partial charge in [-0.1, -0.05) is 41.4 Å². The van der Waals surface area contributed by atoms with E-state index in [0.29, 0.717) is 21.4 Å². The van der Waals surface area contributed by atoms with Crippen LogP contribution in [0.15, 0.2) is 42.5 Å². The Bertz CT molecular complexity index is 494. The predicted octanol–water partition coefficient (Wildman–Crippen LogP) is 4.44. The molecule has 4 heteroatoms. The van der Waals surface area contributed by atoms with Gasteiger partial charge in [-0.25, -0.2) is 0 Å². The van der Waals surface area contributed by atoms with Gasteiger partial charge in [0.05, 0.1) is 21.4 Å². The molecule has 0 heterocycles. The average Bonchev–Trinajstić information content (AvgIpc) is 2.26. The van der Waals surface area contributed by atoms with Crippen molar-refractivity contribution in [2.24, 2.45) is 0 Å². The smallest absolute Gasteiger partial charge is 0.139 e. The van der Waals surface area contributed by atoms with Crippen molar-refractivity contribution < 1.29 is 5.11 Å². The topological polar surface area (TPSA) is 32.3 Å². The van der Waals surface area contributed by atoms with Crippen LogP contribution in [0.4, 0.5) is 11.4 Å². The normalized spacial score (nSPS) is 10.1. The van der Waals surface area contributed by atoms with Crippen molar-refractivity contribution in [2.45, 2.75) is 0 Å². The molecule has 2 rings (SSSR count). The number of hydrogen-bond acceptors (Lipinski definition) is 2. The number of rotatable bonds is 2. The molecule has 16 heavy (non-hydrogen) atoms. The van der Waals surface area contributed by atoms with Crippen LogP contribution < -0.4 is 5.32 Å². The number of para-hydroxylation sites is 3. The van der Waals surface area contributed by atoms with Gasteiger partial charge in [0.25, 0.3) is 0 Å². The fourth-order valence-corrected chi connectivity index (χ4v) is 1.82. The number of nitrogens with one attached hydrogen (secondary N) is 1. The number of phenols is 1. The first-order valence-electron chi connectivity index (χ1n) is 4.67. The molecule has 2 aromatic rings. The number of phenolic OH excluding ortho intramolecular Hbond substituents is 1. The lowest BCUT2D eigenvalue weighted by molar-refractivity contribution is 0.478. The van der Waals surface area contributed by atoms with E-state index in [9.17, 15) is 5.11 Å². The van der Waals surface area contributed by atoms with Crippen LogP contribution in [0.2, 0.25) is 10.0 Å². The van der Waals surface area contributed by atoms with Gasteiger partial charge in [0, 0.05) is 0 Å². The predicted molar refractivity (Wildman–Crippen MR) is 67.9 cm³/mol. The third-order valence-corrected chi connectivity index (χ3v) is 2.76. The molecule has 0 aliphatic carbocycles. The first-order valence-corrected chi connectivity index (χ1v) is 5.43. The number of benzene rings is 2. The molecule has 2 nitrogen and oxygen atoms in total. The number of halogens is 2. The Kier molecular flexibility index (Phi) is 3.22. The molecular weight excluding hydrogens is 245 g/mol. The summed E-state index contributed by atoms with van der Waals surface area (Å²) in [6.07, 6.45) is 0. The van der Waals surface area contributed by atoms with Gasteiger partial charge in [0.1, 0.15) is 5.75 Å².